The van der Waals surface area contributed by atoms with Gasteiger partial charge in [0.2, 0.25) is 0 Å². The first kappa shape index (κ1) is 23.5. The molecule has 3 rings (SSSR count). The molecular weight excluding hydrogens is 526 g/mol. The Morgan fingerprint density at radius 3 is 2.61 bits per heavy atom. The minimum absolute atomic E-state index is 0.0688. The van der Waals surface area contributed by atoms with Crippen molar-refractivity contribution in [3.05, 3.63) is 61.0 Å². The maximum atomic E-state index is 13.1. The van der Waals surface area contributed by atoms with Gasteiger partial charge in [-0.25, -0.2) is 4.98 Å². The molecule has 0 aliphatic heterocycles. The van der Waals surface area contributed by atoms with Crippen LogP contribution in [0.5, 0.6) is 11.5 Å². The molecule has 1 heterocycles. The molecule has 1 atom stereocenters. The van der Waals surface area contributed by atoms with Crippen LogP contribution in [0.15, 0.2) is 49.2 Å². The second-order valence-corrected chi connectivity index (χ2v) is 8.76. The summed E-state index contributed by atoms with van der Waals surface area (Å²) in [6, 6.07) is 9.20. The van der Waals surface area contributed by atoms with Gasteiger partial charge in [-0.3, -0.25) is 4.79 Å². The van der Waals surface area contributed by atoms with Crippen molar-refractivity contribution in [1.29, 1.82) is 0 Å². The molecule has 0 saturated heterocycles. The zero-order chi connectivity index (χ0) is 22.5. The Kier molecular flexibility index (Phi) is 7.89. The number of aryl methyl sites for hydroxylation is 1. The number of halogens is 2. The Hall–Kier alpha value is -2.19. The van der Waals surface area contributed by atoms with Crippen molar-refractivity contribution in [3.8, 4) is 11.5 Å². The molecule has 6 nitrogen and oxygen atoms in total. The Morgan fingerprint density at radius 1 is 1.16 bits per heavy atom. The first-order valence-electron chi connectivity index (χ1n) is 10.3. The van der Waals surface area contributed by atoms with Crippen LogP contribution in [0.3, 0.4) is 0 Å². The predicted octanol–water partition coefficient (Wildman–Crippen LogP) is 5.94. The second kappa shape index (κ2) is 10.4. The lowest BCUT2D eigenvalue weighted by Gasteiger charge is -2.17. The highest BCUT2D eigenvalue weighted by Crippen LogP contribution is 2.34. The zero-order valence-electron chi connectivity index (χ0n) is 18.0. The highest BCUT2D eigenvalue weighted by molar-refractivity contribution is 9.10. The molecule has 0 radical (unpaired) electrons. The van der Waals surface area contributed by atoms with E-state index in [2.05, 4.69) is 48.9 Å². The van der Waals surface area contributed by atoms with E-state index >= 15 is 0 Å². The number of hydrogen-bond acceptors (Lipinski definition) is 5. The largest absolute Gasteiger partial charge is 0.490 e. The van der Waals surface area contributed by atoms with Crippen LogP contribution in [0.1, 0.15) is 45.5 Å². The minimum Gasteiger partial charge on any atom is -0.490 e. The summed E-state index contributed by atoms with van der Waals surface area (Å²) in [6.45, 7) is 8.47. The Bertz CT molecular complexity index is 1170. The third-order valence-corrected chi connectivity index (χ3v) is 5.95. The van der Waals surface area contributed by atoms with Crippen LogP contribution in [-0.2, 0) is 6.42 Å². The number of ether oxygens (including phenoxy) is 2. The topological polar surface area (TPSA) is 65.7 Å². The molecule has 0 bridgehead atoms. The fourth-order valence-electron chi connectivity index (χ4n) is 2.97. The molecule has 0 aliphatic carbocycles. The minimum atomic E-state index is -0.211. The molecule has 0 fully saturated rings. The van der Waals surface area contributed by atoms with Crippen LogP contribution in [-0.4, -0.2) is 28.6 Å². The van der Waals surface area contributed by atoms with Gasteiger partial charge in [-0.05, 0) is 66.5 Å². The van der Waals surface area contributed by atoms with Crippen LogP contribution in [0, 0.1) is 0 Å². The van der Waals surface area contributed by atoms with Crippen molar-refractivity contribution in [3.63, 3.8) is 0 Å². The van der Waals surface area contributed by atoms with E-state index in [4.69, 9.17) is 9.47 Å². The number of nitrogens with zero attached hydrogens (tertiary/aromatic N) is 3. The fourth-order valence-corrected chi connectivity index (χ4v) is 3.76. The highest BCUT2D eigenvalue weighted by Gasteiger charge is 2.14. The van der Waals surface area contributed by atoms with Gasteiger partial charge in [0, 0.05) is 20.9 Å². The molecular formula is C23H25Br2N3O3. The summed E-state index contributed by atoms with van der Waals surface area (Å²) in [5, 5.41) is 4.98. The molecule has 3 aromatic rings. The summed E-state index contributed by atoms with van der Waals surface area (Å²) in [6.07, 6.45) is 3.16. The van der Waals surface area contributed by atoms with Gasteiger partial charge in [0.05, 0.1) is 29.8 Å². The molecule has 0 saturated carbocycles. The van der Waals surface area contributed by atoms with Gasteiger partial charge in [0.25, 0.3) is 5.56 Å². The smallest absolute Gasteiger partial charge is 0.282 e. The second-order valence-electron chi connectivity index (χ2n) is 6.99. The van der Waals surface area contributed by atoms with Crippen LogP contribution < -0.4 is 15.0 Å². The van der Waals surface area contributed by atoms with Crippen LogP contribution in [0.4, 0.5) is 0 Å². The van der Waals surface area contributed by atoms with E-state index in [1.807, 2.05) is 45.0 Å². The molecule has 8 heteroatoms. The Balaban J connectivity index is 2.06. The first-order valence-corrected chi connectivity index (χ1v) is 11.8. The zero-order valence-corrected chi connectivity index (χ0v) is 21.2. The van der Waals surface area contributed by atoms with Gasteiger partial charge in [-0.1, -0.05) is 29.8 Å². The van der Waals surface area contributed by atoms with Gasteiger partial charge in [-0.2, -0.15) is 9.78 Å². The van der Waals surface area contributed by atoms with Gasteiger partial charge in [-0.15, -0.1) is 0 Å². The van der Waals surface area contributed by atoms with E-state index in [1.165, 1.54) is 4.68 Å². The summed E-state index contributed by atoms with van der Waals surface area (Å²) < 4.78 is 14.7. The van der Waals surface area contributed by atoms with Crippen molar-refractivity contribution in [2.24, 2.45) is 5.10 Å². The van der Waals surface area contributed by atoms with Gasteiger partial charge >= 0.3 is 0 Å². The van der Waals surface area contributed by atoms with E-state index in [0.29, 0.717) is 41.3 Å². The van der Waals surface area contributed by atoms with E-state index in [-0.39, 0.29) is 11.7 Å². The third kappa shape index (κ3) is 5.36. The van der Waals surface area contributed by atoms with Gasteiger partial charge in [0.1, 0.15) is 5.82 Å². The number of rotatable bonds is 8. The average molecular weight is 551 g/mol. The Morgan fingerprint density at radius 2 is 1.94 bits per heavy atom. The summed E-state index contributed by atoms with van der Waals surface area (Å²) in [7, 11) is 0. The van der Waals surface area contributed by atoms with E-state index in [9.17, 15) is 4.79 Å². The predicted molar refractivity (Wildman–Crippen MR) is 132 cm³/mol. The maximum Gasteiger partial charge on any atom is 0.282 e. The van der Waals surface area contributed by atoms with Crippen LogP contribution in [0.25, 0.3) is 10.9 Å². The molecule has 0 N–H and O–H groups in total. The van der Waals surface area contributed by atoms with Crippen molar-refractivity contribution in [2.75, 3.05) is 6.61 Å². The number of fused-ring (bicyclic) bond motifs is 1. The summed E-state index contributed by atoms with van der Waals surface area (Å²) in [5.41, 5.74) is 1.21. The van der Waals surface area contributed by atoms with Gasteiger partial charge in [0.15, 0.2) is 11.5 Å². The standard InChI is InChI=1S/C23H25Br2N3O3/c1-5-14(4)31-21-12-18(25)15(10-20(21)30-7-3)13-26-28-22(6-2)27-19-9-8-16(24)11-17(19)23(28)29/h8-14H,5-7H2,1-4H3/t14-/m1/s1. The molecule has 164 valence electrons. The van der Waals surface area contributed by atoms with E-state index in [0.717, 1.165) is 20.9 Å². The summed E-state index contributed by atoms with van der Waals surface area (Å²) >= 11 is 7.00. The number of hydrogen-bond donors (Lipinski definition) is 0. The maximum absolute atomic E-state index is 13.1. The summed E-state index contributed by atoms with van der Waals surface area (Å²) in [5.74, 6) is 1.90. The molecule has 0 spiro atoms. The molecule has 31 heavy (non-hydrogen) atoms. The normalized spacial score (nSPS) is 12.5. The third-order valence-electron chi connectivity index (χ3n) is 4.77. The lowest BCUT2D eigenvalue weighted by molar-refractivity contribution is 0.203. The lowest BCUT2D eigenvalue weighted by Crippen LogP contribution is -2.22. The Labute approximate surface area is 198 Å². The molecule has 0 unspecified atom stereocenters. The lowest BCUT2D eigenvalue weighted by atomic mass is 10.2. The monoisotopic (exact) mass is 549 g/mol. The number of aromatic nitrogens is 2. The van der Waals surface area contributed by atoms with E-state index < -0.39 is 0 Å². The summed E-state index contributed by atoms with van der Waals surface area (Å²) in [4.78, 5) is 17.7. The van der Waals surface area contributed by atoms with E-state index in [1.54, 1.807) is 12.3 Å². The molecule has 0 amide bonds. The van der Waals surface area contributed by atoms with Crippen molar-refractivity contribution < 1.29 is 9.47 Å². The molecule has 1 aromatic heterocycles. The van der Waals surface area contributed by atoms with Crippen LogP contribution >= 0.6 is 31.9 Å². The molecule has 2 aromatic carbocycles. The highest BCUT2D eigenvalue weighted by atomic mass is 79.9. The van der Waals surface area contributed by atoms with Crippen LogP contribution in [0.2, 0.25) is 0 Å². The van der Waals surface area contributed by atoms with Gasteiger partial charge < -0.3 is 9.47 Å². The first-order chi connectivity index (χ1) is 14.9. The van der Waals surface area contributed by atoms with Crippen molar-refractivity contribution in [2.45, 2.75) is 46.6 Å². The quantitative estimate of drug-likeness (QED) is 0.325. The number of benzene rings is 2. The van der Waals surface area contributed by atoms with Crippen molar-refractivity contribution >= 4 is 49.0 Å². The SMILES string of the molecule is CCOc1cc(C=Nn2c(CC)nc3ccc(Br)cc3c2=O)c(Br)cc1O[C@H](C)CC. The molecule has 0 aliphatic rings. The van der Waals surface area contributed by atoms with Crippen molar-refractivity contribution in [1.82, 2.24) is 9.66 Å². The fraction of sp³-hybridized carbons (Fsp3) is 0.348. The average Bonchev–Trinajstić information content (AvgIpc) is 2.75.